The second-order valence-electron chi connectivity index (χ2n) is 6.50. The Hall–Kier alpha value is -3.67. The van der Waals surface area contributed by atoms with E-state index >= 15 is 0 Å². The number of hydrogen-bond donors (Lipinski definition) is 2. The quantitative estimate of drug-likeness (QED) is 0.501. The lowest BCUT2D eigenvalue weighted by atomic mass is 10.3. The molecule has 0 saturated heterocycles. The predicted molar refractivity (Wildman–Crippen MR) is 108 cm³/mol. The molecule has 0 atom stereocenters. The Bertz CT molecular complexity index is 1220. The third kappa shape index (κ3) is 3.69. The van der Waals surface area contributed by atoms with Crippen molar-refractivity contribution in [1.29, 1.82) is 0 Å². The third-order valence-corrected chi connectivity index (χ3v) is 5.10. The lowest BCUT2D eigenvalue weighted by Gasteiger charge is -2.17. The Kier molecular flexibility index (Phi) is 4.76. The van der Waals surface area contributed by atoms with E-state index in [-0.39, 0.29) is 23.4 Å². The number of hydrogen-bond acceptors (Lipinski definition) is 9. The van der Waals surface area contributed by atoms with E-state index in [2.05, 4.69) is 35.5 Å². The number of anilines is 2. The number of H-pyrrole nitrogens is 1. The van der Waals surface area contributed by atoms with Gasteiger partial charge in [-0.25, -0.2) is 19.9 Å². The first kappa shape index (κ1) is 18.7. The molecule has 4 rings (SSSR count). The summed E-state index contributed by atoms with van der Waals surface area (Å²) in [6.45, 7) is -0.0328. The van der Waals surface area contributed by atoms with Gasteiger partial charge in [0.2, 0.25) is 5.91 Å². The molecule has 0 aromatic carbocycles. The van der Waals surface area contributed by atoms with E-state index in [0.29, 0.717) is 27.5 Å². The molecule has 148 valence electrons. The van der Waals surface area contributed by atoms with E-state index in [1.165, 1.54) is 16.1 Å². The van der Waals surface area contributed by atoms with Crippen LogP contribution in [0.1, 0.15) is 9.80 Å². The number of rotatable bonds is 5. The fourth-order valence-electron chi connectivity index (χ4n) is 2.56. The lowest BCUT2D eigenvalue weighted by molar-refractivity contribution is -0.129. The fourth-order valence-corrected chi connectivity index (χ4v) is 3.46. The Morgan fingerprint density at radius 1 is 1.17 bits per heavy atom. The lowest BCUT2D eigenvalue weighted by Crippen LogP contribution is -2.37. The minimum Gasteiger partial charge on any atom is -0.347 e. The number of aromatic nitrogens is 6. The summed E-state index contributed by atoms with van der Waals surface area (Å²) in [6.07, 6.45) is 4.72. The van der Waals surface area contributed by atoms with E-state index < -0.39 is 0 Å². The number of carbonyl (C=O) groups excluding carboxylic acids is 2. The smallest absolute Gasteiger partial charge is 0.283 e. The van der Waals surface area contributed by atoms with Crippen LogP contribution in [0, 0.1) is 0 Å². The van der Waals surface area contributed by atoms with Gasteiger partial charge in [-0.05, 0) is 6.07 Å². The molecule has 12 heteroatoms. The largest absolute Gasteiger partial charge is 0.347 e. The van der Waals surface area contributed by atoms with Gasteiger partial charge in [-0.3, -0.25) is 14.7 Å². The standard InChI is InChI=1S/C17H17N9O2S/c1-25(2)11(27)7-26(3)17(28)16-23-12-14(19-8-20-15(12)29-16)22-10-4-9-5-21-24-13(9)18-6-10/h4-6,8H,7H2,1-3H3,(H,18,21,24)(H,19,20,22). The molecule has 2 amide bonds. The molecule has 11 nitrogen and oxygen atoms in total. The number of pyridine rings is 1. The molecule has 0 saturated carbocycles. The maximum absolute atomic E-state index is 12.7. The Morgan fingerprint density at radius 2 is 2.00 bits per heavy atom. The summed E-state index contributed by atoms with van der Waals surface area (Å²) in [5.74, 6) is -0.0659. The third-order valence-electron chi connectivity index (χ3n) is 4.15. The van der Waals surface area contributed by atoms with Gasteiger partial charge in [-0.15, -0.1) is 0 Å². The van der Waals surface area contributed by atoms with E-state index in [4.69, 9.17) is 0 Å². The normalized spacial score (nSPS) is 11.0. The van der Waals surface area contributed by atoms with Crippen LogP contribution < -0.4 is 5.32 Å². The Balaban J connectivity index is 1.61. The topological polar surface area (TPSA) is 133 Å². The maximum atomic E-state index is 12.7. The molecule has 0 spiro atoms. The second-order valence-corrected chi connectivity index (χ2v) is 7.48. The summed E-state index contributed by atoms with van der Waals surface area (Å²) < 4.78 is 0. The average molecular weight is 411 g/mol. The predicted octanol–water partition coefficient (Wildman–Crippen LogP) is 1.26. The molecule has 0 unspecified atom stereocenters. The minimum atomic E-state index is -0.351. The summed E-state index contributed by atoms with van der Waals surface area (Å²) in [5, 5.41) is 11.0. The first-order chi connectivity index (χ1) is 13.9. The van der Waals surface area contributed by atoms with Crippen LogP contribution in [0.4, 0.5) is 11.5 Å². The van der Waals surface area contributed by atoms with Crippen LogP contribution in [0.5, 0.6) is 0 Å². The van der Waals surface area contributed by atoms with Crippen LogP contribution >= 0.6 is 11.3 Å². The van der Waals surface area contributed by atoms with Crippen LogP contribution in [-0.4, -0.2) is 79.4 Å². The van der Waals surface area contributed by atoms with Gasteiger partial charge >= 0.3 is 0 Å². The van der Waals surface area contributed by atoms with Gasteiger partial charge < -0.3 is 15.1 Å². The van der Waals surface area contributed by atoms with Gasteiger partial charge in [-0.2, -0.15) is 5.10 Å². The molecular weight excluding hydrogens is 394 g/mol. The maximum Gasteiger partial charge on any atom is 0.283 e. The molecule has 0 fully saturated rings. The molecule has 0 aliphatic rings. The number of aromatic amines is 1. The van der Waals surface area contributed by atoms with Crippen molar-refractivity contribution in [2.24, 2.45) is 0 Å². The van der Waals surface area contributed by atoms with Crippen molar-refractivity contribution >= 4 is 56.0 Å². The van der Waals surface area contributed by atoms with E-state index in [1.54, 1.807) is 33.5 Å². The van der Waals surface area contributed by atoms with E-state index in [1.807, 2.05) is 6.07 Å². The Morgan fingerprint density at radius 3 is 2.79 bits per heavy atom. The van der Waals surface area contributed by atoms with Crippen molar-refractivity contribution in [3.8, 4) is 0 Å². The van der Waals surface area contributed by atoms with Crippen LogP contribution in [0.25, 0.3) is 21.4 Å². The SMILES string of the molecule is CN(C)C(=O)CN(C)C(=O)c1nc2c(Nc3cnc4[nH]ncc4c3)ncnc2s1. The molecule has 0 aliphatic heterocycles. The van der Waals surface area contributed by atoms with Gasteiger partial charge in [0, 0.05) is 26.5 Å². The van der Waals surface area contributed by atoms with Crippen molar-refractivity contribution in [3.05, 3.63) is 29.8 Å². The molecule has 4 heterocycles. The van der Waals surface area contributed by atoms with Gasteiger partial charge in [0.25, 0.3) is 5.91 Å². The van der Waals surface area contributed by atoms with Crippen molar-refractivity contribution < 1.29 is 9.59 Å². The number of nitrogens with zero attached hydrogens (tertiary/aromatic N) is 7. The number of likely N-dealkylation sites (N-methyl/N-ethyl adjacent to an activating group) is 2. The highest BCUT2D eigenvalue weighted by atomic mass is 32.1. The fraction of sp³-hybridized carbons (Fsp3) is 0.235. The molecule has 0 aliphatic carbocycles. The van der Waals surface area contributed by atoms with Crippen LogP contribution in [-0.2, 0) is 4.79 Å². The molecule has 29 heavy (non-hydrogen) atoms. The zero-order chi connectivity index (χ0) is 20.5. The zero-order valence-electron chi connectivity index (χ0n) is 15.9. The number of carbonyl (C=O) groups is 2. The molecule has 0 radical (unpaired) electrons. The first-order valence-electron chi connectivity index (χ1n) is 8.55. The van der Waals surface area contributed by atoms with Crippen LogP contribution in [0.2, 0.25) is 0 Å². The highest BCUT2D eigenvalue weighted by Crippen LogP contribution is 2.27. The average Bonchev–Trinajstić information content (AvgIpc) is 3.34. The number of amides is 2. The van der Waals surface area contributed by atoms with Crippen molar-refractivity contribution in [3.63, 3.8) is 0 Å². The second kappa shape index (κ2) is 7.39. The highest BCUT2D eigenvalue weighted by Gasteiger charge is 2.21. The van der Waals surface area contributed by atoms with Crippen molar-refractivity contribution in [1.82, 2.24) is 39.9 Å². The highest BCUT2D eigenvalue weighted by molar-refractivity contribution is 7.19. The summed E-state index contributed by atoms with van der Waals surface area (Å²) in [7, 11) is 4.84. The number of thiazole rings is 1. The van der Waals surface area contributed by atoms with Crippen LogP contribution in [0.3, 0.4) is 0 Å². The molecular formula is C17H17N9O2S. The summed E-state index contributed by atoms with van der Waals surface area (Å²) in [5.41, 5.74) is 1.86. The first-order valence-corrected chi connectivity index (χ1v) is 9.37. The zero-order valence-corrected chi connectivity index (χ0v) is 16.7. The summed E-state index contributed by atoms with van der Waals surface area (Å²) in [4.78, 5) is 45.0. The minimum absolute atomic E-state index is 0.0328. The van der Waals surface area contributed by atoms with Crippen molar-refractivity contribution in [2.45, 2.75) is 0 Å². The van der Waals surface area contributed by atoms with E-state index in [0.717, 1.165) is 16.7 Å². The molecule has 4 aromatic rings. The molecule has 4 aromatic heterocycles. The van der Waals surface area contributed by atoms with Gasteiger partial charge in [0.1, 0.15) is 16.7 Å². The van der Waals surface area contributed by atoms with Crippen molar-refractivity contribution in [2.75, 3.05) is 33.0 Å². The Labute approximate surface area is 168 Å². The van der Waals surface area contributed by atoms with Gasteiger partial charge in [-0.1, -0.05) is 11.3 Å². The van der Waals surface area contributed by atoms with Gasteiger partial charge in [0.15, 0.2) is 16.5 Å². The summed E-state index contributed by atoms with van der Waals surface area (Å²) >= 11 is 1.15. The monoisotopic (exact) mass is 411 g/mol. The van der Waals surface area contributed by atoms with Gasteiger partial charge in [0.05, 0.1) is 24.6 Å². The van der Waals surface area contributed by atoms with Crippen LogP contribution in [0.15, 0.2) is 24.8 Å². The summed E-state index contributed by atoms with van der Waals surface area (Å²) in [6, 6.07) is 1.87. The molecule has 0 bridgehead atoms. The number of fused-ring (bicyclic) bond motifs is 2. The number of nitrogens with one attached hydrogen (secondary N) is 2. The molecule has 2 N–H and O–H groups in total. The van der Waals surface area contributed by atoms with E-state index in [9.17, 15) is 9.59 Å².